The third-order valence-corrected chi connectivity index (χ3v) is 3.36. The number of anilines is 1. The minimum Gasteiger partial charge on any atom is -0.383 e. The molecule has 0 aliphatic heterocycles. The number of carbonyl (C=O) groups is 1. The van der Waals surface area contributed by atoms with Crippen LogP contribution >= 0.6 is 0 Å². The molecular weight excluding hydrogens is 295 g/mol. The summed E-state index contributed by atoms with van der Waals surface area (Å²) in [6.07, 6.45) is 0. The highest BCUT2D eigenvalue weighted by Gasteiger charge is 2.18. The van der Waals surface area contributed by atoms with Gasteiger partial charge in [0.15, 0.2) is 0 Å². The van der Waals surface area contributed by atoms with Crippen LogP contribution in [0.2, 0.25) is 0 Å². The molecule has 2 aromatic carbocycles. The van der Waals surface area contributed by atoms with E-state index in [0.717, 1.165) is 0 Å². The Morgan fingerprint density at radius 1 is 1.26 bits per heavy atom. The number of methoxy groups -OCH3 is 1. The summed E-state index contributed by atoms with van der Waals surface area (Å²) in [4.78, 5) is 14.3. The highest BCUT2D eigenvalue weighted by atomic mass is 19.1. The molecule has 0 atom stereocenters. The van der Waals surface area contributed by atoms with Gasteiger partial charge in [-0.1, -0.05) is 0 Å². The van der Waals surface area contributed by atoms with Crippen LogP contribution in [0.5, 0.6) is 0 Å². The molecule has 0 saturated carbocycles. The summed E-state index contributed by atoms with van der Waals surface area (Å²) < 4.78 is 18.6. The van der Waals surface area contributed by atoms with Crippen LogP contribution in [-0.2, 0) is 4.74 Å². The maximum atomic E-state index is 13.6. The van der Waals surface area contributed by atoms with Gasteiger partial charge >= 0.3 is 0 Å². The molecule has 0 fully saturated rings. The lowest BCUT2D eigenvalue weighted by molar-refractivity contribution is 0.0975. The summed E-state index contributed by atoms with van der Waals surface area (Å²) >= 11 is 0. The average Bonchev–Trinajstić information content (AvgIpc) is 2.54. The Labute approximate surface area is 134 Å². The maximum Gasteiger partial charge on any atom is 0.258 e. The number of halogens is 1. The quantitative estimate of drug-likeness (QED) is 0.851. The number of amides is 1. The van der Waals surface area contributed by atoms with Gasteiger partial charge in [0.05, 0.1) is 18.2 Å². The van der Waals surface area contributed by atoms with Gasteiger partial charge in [0.1, 0.15) is 5.82 Å². The standard InChI is InChI=1S/C18H17FN2O2/c1-13-9-15(11-16(19)10-13)18(22)21(7-8-23-2)17-5-3-14(12-20)4-6-17/h3-6,9-11H,7-8H2,1-2H3. The molecule has 0 N–H and O–H groups in total. The monoisotopic (exact) mass is 312 g/mol. The van der Waals surface area contributed by atoms with Crippen molar-refractivity contribution in [2.24, 2.45) is 0 Å². The van der Waals surface area contributed by atoms with E-state index in [1.165, 1.54) is 17.0 Å². The van der Waals surface area contributed by atoms with E-state index in [0.29, 0.717) is 30.0 Å². The topological polar surface area (TPSA) is 53.3 Å². The highest BCUT2D eigenvalue weighted by Crippen LogP contribution is 2.19. The van der Waals surface area contributed by atoms with E-state index in [1.807, 2.05) is 6.07 Å². The summed E-state index contributed by atoms with van der Waals surface area (Å²) in [5, 5.41) is 8.86. The van der Waals surface area contributed by atoms with Gasteiger partial charge in [-0.05, 0) is 55.0 Å². The average molecular weight is 312 g/mol. The molecule has 2 rings (SSSR count). The molecule has 0 heterocycles. The zero-order valence-corrected chi connectivity index (χ0v) is 13.0. The first-order valence-electron chi connectivity index (χ1n) is 7.13. The Hall–Kier alpha value is -2.71. The molecule has 0 saturated heterocycles. The Morgan fingerprint density at radius 2 is 1.96 bits per heavy atom. The number of hydrogen-bond donors (Lipinski definition) is 0. The fourth-order valence-electron chi connectivity index (χ4n) is 2.26. The van der Waals surface area contributed by atoms with Gasteiger partial charge in [-0.15, -0.1) is 0 Å². The van der Waals surface area contributed by atoms with Crippen LogP contribution < -0.4 is 4.90 Å². The summed E-state index contributed by atoms with van der Waals surface area (Å²) in [5.41, 5.74) is 2.10. The van der Waals surface area contributed by atoms with Gasteiger partial charge in [-0.2, -0.15) is 5.26 Å². The van der Waals surface area contributed by atoms with Gasteiger partial charge in [-0.25, -0.2) is 4.39 Å². The number of nitrogens with zero attached hydrogens (tertiary/aromatic N) is 2. The summed E-state index contributed by atoms with van der Waals surface area (Å²) in [6.45, 7) is 2.41. The van der Waals surface area contributed by atoms with Crippen molar-refractivity contribution < 1.29 is 13.9 Å². The van der Waals surface area contributed by atoms with Crippen molar-refractivity contribution in [3.8, 4) is 6.07 Å². The van der Waals surface area contributed by atoms with Gasteiger partial charge < -0.3 is 9.64 Å². The summed E-state index contributed by atoms with van der Waals surface area (Å²) in [6, 6.07) is 12.9. The minimum atomic E-state index is -0.445. The molecule has 118 valence electrons. The third kappa shape index (κ3) is 4.15. The minimum absolute atomic E-state index is 0.281. The van der Waals surface area contributed by atoms with Gasteiger partial charge in [0.25, 0.3) is 5.91 Å². The van der Waals surface area contributed by atoms with E-state index in [4.69, 9.17) is 10.00 Å². The van der Waals surface area contributed by atoms with Crippen molar-refractivity contribution in [3.63, 3.8) is 0 Å². The van der Waals surface area contributed by atoms with Gasteiger partial charge in [-0.3, -0.25) is 4.79 Å². The van der Waals surface area contributed by atoms with Crippen molar-refractivity contribution in [1.29, 1.82) is 5.26 Å². The van der Waals surface area contributed by atoms with Crippen LogP contribution in [0.15, 0.2) is 42.5 Å². The zero-order valence-electron chi connectivity index (χ0n) is 13.0. The lowest BCUT2D eigenvalue weighted by atomic mass is 10.1. The number of benzene rings is 2. The molecule has 0 bridgehead atoms. The number of carbonyl (C=O) groups excluding carboxylic acids is 1. The van der Waals surface area contributed by atoms with E-state index in [2.05, 4.69) is 0 Å². The maximum absolute atomic E-state index is 13.6. The Bertz CT molecular complexity index is 715. The second-order valence-corrected chi connectivity index (χ2v) is 5.13. The molecule has 5 heteroatoms. The van der Waals surface area contributed by atoms with E-state index in [9.17, 15) is 9.18 Å². The lowest BCUT2D eigenvalue weighted by Crippen LogP contribution is -2.34. The number of hydrogen-bond acceptors (Lipinski definition) is 3. The second kappa shape index (κ2) is 7.52. The first-order chi connectivity index (χ1) is 11.0. The molecule has 1 amide bonds. The largest absolute Gasteiger partial charge is 0.383 e. The van der Waals surface area contributed by atoms with Crippen LogP contribution in [0.1, 0.15) is 21.5 Å². The summed E-state index contributed by atoms with van der Waals surface area (Å²) in [7, 11) is 1.55. The normalized spacial score (nSPS) is 10.2. The van der Waals surface area contributed by atoms with Crippen LogP contribution in [0.3, 0.4) is 0 Å². The second-order valence-electron chi connectivity index (χ2n) is 5.13. The van der Waals surface area contributed by atoms with Crippen molar-refractivity contribution in [2.75, 3.05) is 25.2 Å². The molecule has 4 nitrogen and oxygen atoms in total. The Kier molecular flexibility index (Phi) is 5.45. The fraction of sp³-hybridized carbons (Fsp3) is 0.222. The fourth-order valence-corrected chi connectivity index (χ4v) is 2.26. The van der Waals surface area contributed by atoms with E-state index in [1.54, 1.807) is 44.4 Å². The molecule has 23 heavy (non-hydrogen) atoms. The van der Waals surface area contributed by atoms with Crippen molar-refractivity contribution in [2.45, 2.75) is 6.92 Å². The van der Waals surface area contributed by atoms with Crippen LogP contribution in [0, 0.1) is 24.1 Å². The van der Waals surface area contributed by atoms with Crippen LogP contribution in [0.25, 0.3) is 0 Å². The van der Waals surface area contributed by atoms with Gasteiger partial charge in [0.2, 0.25) is 0 Å². The number of nitriles is 1. The van der Waals surface area contributed by atoms with Crippen LogP contribution in [0.4, 0.5) is 10.1 Å². The van der Waals surface area contributed by atoms with Gasteiger partial charge in [0, 0.05) is 24.9 Å². The number of ether oxygens (including phenoxy) is 1. The lowest BCUT2D eigenvalue weighted by Gasteiger charge is -2.23. The molecule has 0 spiro atoms. The predicted octanol–water partition coefficient (Wildman–Crippen LogP) is 3.30. The van der Waals surface area contributed by atoms with E-state index in [-0.39, 0.29) is 11.5 Å². The third-order valence-electron chi connectivity index (χ3n) is 3.36. The first-order valence-corrected chi connectivity index (χ1v) is 7.13. The number of rotatable bonds is 5. The SMILES string of the molecule is COCCN(C(=O)c1cc(C)cc(F)c1)c1ccc(C#N)cc1. The molecule has 0 aliphatic rings. The van der Waals surface area contributed by atoms with Crippen molar-refractivity contribution in [1.82, 2.24) is 0 Å². The first kappa shape index (κ1) is 16.7. The predicted molar refractivity (Wildman–Crippen MR) is 85.8 cm³/mol. The Balaban J connectivity index is 2.36. The summed E-state index contributed by atoms with van der Waals surface area (Å²) in [5.74, 6) is -0.755. The van der Waals surface area contributed by atoms with Crippen LogP contribution in [-0.4, -0.2) is 26.2 Å². The van der Waals surface area contributed by atoms with E-state index < -0.39 is 5.82 Å². The van der Waals surface area contributed by atoms with Crippen molar-refractivity contribution >= 4 is 11.6 Å². The number of aryl methyl sites for hydroxylation is 1. The van der Waals surface area contributed by atoms with E-state index >= 15 is 0 Å². The Morgan fingerprint density at radius 3 is 2.52 bits per heavy atom. The smallest absolute Gasteiger partial charge is 0.258 e. The van der Waals surface area contributed by atoms with Crippen molar-refractivity contribution in [3.05, 3.63) is 65.0 Å². The zero-order chi connectivity index (χ0) is 16.8. The molecule has 0 unspecified atom stereocenters. The molecular formula is C18H17FN2O2. The molecule has 0 aliphatic carbocycles. The molecule has 2 aromatic rings. The molecule has 0 radical (unpaired) electrons. The highest BCUT2D eigenvalue weighted by molar-refractivity contribution is 6.06. The molecule has 0 aromatic heterocycles.